The van der Waals surface area contributed by atoms with Crippen LogP contribution in [0.25, 0.3) is 0 Å². The minimum atomic E-state index is -4.77. The number of fused-ring (bicyclic) bond motifs is 1. The number of hydrogen-bond donors (Lipinski definition) is 1. The summed E-state index contributed by atoms with van der Waals surface area (Å²) in [5, 5.41) is 9.41. The van der Waals surface area contributed by atoms with E-state index in [4.69, 9.17) is 0 Å². The lowest BCUT2D eigenvalue weighted by Gasteiger charge is -2.35. The average Bonchev–Trinajstić information content (AvgIpc) is 3.41. The maximum absolute atomic E-state index is 15.2. The minimum Gasteiger partial charge on any atom is -0.478 e. The Hall–Kier alpha value is -2.29. The molecule has 1 aromatic rings. The van der Waals surface area contributed by atoms with Crippen LogP contribution in [0.2, 0.25) is 0 Å². The number of carboxylic acid groups (broad SMARTS) is 1. The molecule has 2 fully saturated rings. The number of anilines is 2. The van der Waals surface area contributed by atoms with E-state index in [0.29, 0.717) is 32.4 Å². The number of hydrogen-bond acceptors (Lipinski definition) is 4. The average molecular weight is 441 g/mol. The molecule has 1 saturated heterocycles. The van der Waals surface area contributed by atoms with Crippen LogP contribution in [-0.4, -0.2) is 55.2 Å². The van der Waals surface area contributed by atoms with Gasteiger partial charge in [-0.15, -0.1) is 0 Å². The van der Waals surface area contributed by atoms with Crippen molar-refractivity contribution < 1.29 is 27.5 Å². The van der Waals surface area contributed by atoms with Crippen molar-refractivity contribution >= 4 is 17.3 Å². The standard InChI is InChI=1S/C22H27F4N3O2/c1-12(27(2)3)13-6-7-28(10-13)20-17(23)9-14-8-15(21(30)31)11-29(16-4-5-16)19(14)18(20)22(24,25)26/h9,11-13,16H,4-8,10H2,1-3H3,(H,30,31). The van der Waals surface area contributed by atoms with Crippen molar-refractivity contribution in [2.24, 2.45) is 5.92 Å². The van der Waals surface area contributed by atoms with Crippen molar-refractivity contribution in [3.8, 4) is 0 Å². The summed E-state index contributed by atoms with van der Waals surface area (Å²) < 4.78 is 58.4. The SMILES string of the molecule is CC(C1CCN(c2c(F)cc3c(c2C(F)(F)F)N(C2CC2)C=C(C(=O)O)C3)C1)N(C)C. The summed E-state index contributed by atoms with van der Waals surface area (Å²) in [5.74, 6) is -2.01. The molecule has 1 saturated carbocycles. The van der Waals surface area contributed by atoms with Gasteiger partial charge >= 0.3 is 12.1 Å². The number of carboxylic acids is 1. The maximum atomic E-state index is 15.2. The third kappa shape index (κ3) is 4.00. The lowest BCUT2D eigenvalue weighted by molar-refractivity contribution is -0.136. The molecule has 3 aliphatic rings. The molecule has 0 radical (unpaired) electrons. The van der Waals surface area contributed by atoms with Crippen molar-refractivity contribution in [3.05, 3.63) is 34.8 Å². The molecule has 0 spiro atoms. The molecular weight excluding hydrogens is 414 g/mol. The number of carbonyl (C=O) groups is 1. The highest BCUT2D eigenvalue weighted by Gasteiger charge is 2.46. The van der Waals surface area contributed by atoms with Gasteiger partial charge in [0.1, 0.15) is 11.4 Å². The number of halogens is 4. The van der Waals surface area contributed by atoms with Gasteiger partial charge in [-0.25, -0.2) is 9.18 Å². The molecule has 4 rings (SSSR count). The monoisotopic (exact) mass is 441 g/mol. The van der Waals surface area contributed by atoms with E-state index in [2.05, 4.69) is 0 Å². The van der Waals surface area contributed by atoms with E-state index in [-0.39, 0.29) is 41.2 Å². The molecule has 1 N–H and O–H groups in total. The van der Waals surface area contributed by atoms with Gasteiger partial charge in [-0.2, -0.15) is 13.2 Å². The zero-order valence-electron chi connectivity index (χ0n) is 17.8. The normalized spacial score (nSPS) is 22.6. The summed E-state index contributed by atoms with van der Waals surface area (Å²) >= 11 is 0. The Balaban J connectivity index is 1.83. The topological polar surface area (TPSA) is 47.0 Å². The van der Waals surface area contributed by atoms with Crippen molar-refractivity contribution in [1.82, 2.24) is 4.90 Å². The summed E-state index contributed by atoms with van der Waals surface area (Å²) in [6.07, 6.45) is -1.65. The fourth-order valence-corrected chi connectivity index (χ4v) is 4.75. The molecule has 0 bridgehead atoms. The lowest BCUT2D eigenvalue weighted by Crippen LogP contribution is -2.35. The van der Waals surface area contributed by atoms with E-state index in [0.717, 1.165) is 6.07 Å². The molecule has 170 valence electrons. The minimum absolute atomic E-state index is 0.0271. The molecule has 9 heteroatoms. The zero-order chi connectivity index (χ0) is 22.7. The van der Waals surface area contributed by atoms with Crippen LogP contribution in [0.5, 0.6) is 0 Å². The molecule has 1 aliphatic carbocycles. The largest absolute Gasteiger partial charge is 0.478 e. The van der Waals surface area contributed by atoms with Gasteiger partial charge in [0.25, 0.3) is 0 Å². The van der Waals surface area contributed by atoms with Gasteiger partial charge in [0.15, 0.2) is 0 Å². The van der Waals surface area contributed by atoms with Crippen LogP contribution in [0.15, 0.2) is 17.8 Å². The number of nitrogens with zero attached hydrogens (tertiary/aromatic N) is 3. The highest BCUT2D eigenvalue weighted by molar-refractivity contribution is 5.90. The van der Waals surface area contributed by atoms with Gasteiger partial charge in [-0.1, -0.05) is 0 Å². The maximum Gasteiger partial charge on any atom is 0.420 e. The predicted octanol–water partition coefficient (Wildman–Crippen LogP) is 4.11. The second-order valence-corrected chi connectivity index (χ2v) is 9.06. The van der Waals surface area contributed by atoms with E-state index in [1.807, 2.05) is 25.9 Å². The first-order valence-electron chi connectivity index (χ1n) is 10.5. The molecule has 2 unspecified atom stereocenters. The van der Waals surface area contributed by atoms with Crippen LogP contribution >= 0.6 is 0 Å². The Morgan fingerprint density at radius 2 is 1.90 bits per heavy atom. The van der Waals surface area contributed by atoms with Crippen LogP contribution in [0.1, 0.15) is 37.3 Å². The van der Waals surface area contributed by atoms with E-state index < -0.39 is 29.2 Å². The van der Waals surface area contributed by atoms with Gasteiger partial charge in [-0.05, 0) is 57.8 Å². The summed E-state index contributed by atoms with van der Waals surface area (Å²) in [6.45, 7) is 2.72. The molecule has 31 heavy (non-hydrogen) atoms. The molecular formula is C22H27F4N3O2. The molecule has 0 aromatic heterocycles. The molecule has 5 nitrogen and oxygen atoms in total. The molecule has 2 aliphatic heterocycles. The van der Waals surface area contributed by atoms with Crippen molar-refractivity contribution in [3.63, 3.8) is 0 Å². The highest BCUT2D eigenvalue weighted by Crippen LogP contribution is 2.51. The smallest absolute Gasteiger partial charge is 0.420 e. The molecule has 2 atom stereocenters. The summed E-state index contributed by atoms with van der Waals surface area (Å²) in [7, 11) is 3.85. The van der Waals surface area contributed by atoms with Crippen molar-refractivity contribution in [1.29, 1.82) is 0 Å². The fraction of sp³-hybridized carbons (Fsp3) is 0.591. The van der Waals surface area contributed by atoms with Crippen molar-refractivity contribution in [2.75, 3.05) is 37.0 Å². The first kappa shape index (κ1) is 21.9. The van der Waals surface area contributed by atoms with E-state index >= 15 is 4.39 Å². The molecule has 1 aromatic carbocycles. The molecule has 0 amide bonds. The summed E-state index contributed by atoms with van der Waals surface area (Å²) in [5.41, 5.74) is -1.41. The second-order valence-electron chi connectivity index (χ2n) is 9.06. The molecule has 2 heterocycles. The third-order valence-electron chi connectivity index (χ3n) is 6.78. The Labute approximate surface area is 178 Å². The Morgan fingerprint density at radius 1 is 1.23 bits per heavy atom. The van der Waals surface area contributed by atoms with E-state index in [9.17, 15) is 23.1 Å². The highest BCUT2D eigenvalue weighted by atomic mass is 19.4. The predicted molar refractivity (Wildman–Crippen MR) is 110 cm³/mol. The zero-order valence-corrected chi connectivity index (χ0v) is 17.8. The second kappa shape index (κ2) is 7.69. The van der Waals surface area contributed by atoms with Gasteiger partial charge in [0.05, 0.1) is 16.9 Å². The lowest BCUT2D eigenvalue weighted by atomic mass is 9.93. The van der Waals surface area contributed by atoms with Crippen LogP contribution in [0, 0.1) is 11.7 Å². The quantitative estimate of drug-likeness (QED) is 0.697. The van der Waals surface area contributed by atoms with E-state index in [1.165, 1.54) is 16.0 Å². The van der Waals surface area contributed by atoms with Crippen LogP contribution in [0.3, 0.4) is 0 Å². The number of aliphatic carboxylic acids is 1. The van der Waals surface area contributed by atoms with Crippen LogP contribution in [-0.2, 0) is 17.4 Å². The first-order chi connectivity index (χ1) is 14.5. The van der Waals surface area contributed by atoms with Gasteiger partial charge in [0.2, 0.25) is 0 Å². The number of benzene rings is 1. The summed E-state index contributed by atoms with van der Waals surface area (Å²) in [6, 6.07) is 1.07. The van der Waals surface area contributed by atoms with E-state index in [1.54, 1.807) is 0 Å². The van der Waals surface area contributed by atoms with Crippen LogP contribution in [0.4, 0.5) is 28.9 Å². The van der Waals surface area contributed by atoms with Gasteiger partial charge in [-0.3, -0.25) is 0 Å². The Morgan fingerprint density at radius 3 is 2.45 bits per heavy atom. The number of alkyl halides is 3. The first-order valence-corrected chi connectivity index (χ1v) is 10.5. The van der Waals surface area contributed by atoms with Gasteiger partial charge < -0.3 is 19.8 Å². The Kier molecular flexibility index (Phi) is 5.44. The summed E-state index contributed by atoms with van der Waals surface area (Å²) in [4.78, 5) is 16.5. The van der Waals surface area contributed by atoms with Crippen LogP contribution < -0.4 is 9.80 Å². The number of rotatable bonds is 5. The Bertz CT molecular complexity index is 924. The third-order valence-corrected chi connectivity index (χ3v) is 6.78. The van der Waals surface area contributed by atoms with Gasteiger partial charge in [0, 0.05) is 37.8 Å². The van der Waals surface area contributed by atoms with Crippen molar-refractivity contribution in [2.45, 2.75) is 50.9 Å². The fourth-order valence-electron chi connectivity index (χ4n) is 4.75.